The molecule has 2 aromatic rings. The number of hydrogen-bond acceptors (Lipinski definition) is 7. The number of rotatable bonds is 10. The van der Waals surface area contributed by atoms with E-state index in [0.717, 1.165) is 48.6 Å². The average Bonchev–Trinajstić information content (AvgIpc) is 3.00. The van der Waals surface area contributed by atoms with Crippen LogP contribution in [0.25, 0.3) is 10.2 Å². The SMILES string of the molecule is CCc1cc2c(NCCN)nc(NCCN(CC)CC)nc2s1. The van der Waals surface area contributed by atoms with E-state index < -0.39 is 0 Å². The molecular formula is C16H28N6S. The van der Waals surface area contributed by atoms with Gasteiger partial charge in [-0.05, 0) is 25.6 Å². The molecule has 0 atom stereocenters. The first kappa shape index (κ1) is 17.9. The van der Waals surface area contributed by atoms with Crippen LogP contribution >= 0.6 is 11.3 Å². The summed E-state index contributed by atoms with van der Waals surface area (Å²) in [5, 5.41) is 7.76. The van der Waals surface area contributed by atoms with Crippen molar-refractivity contribution in [2.75, 3.05) is 49.9 Å². The summed E-state index contributed by atoms with van der Waals surface area (Å²) in [5.41, 5.74) is 5.61. The number of nitrogens with one attached hydrogen (secondary N) is 2. The van der Waals surface area contributed by atoms with E-state index in [-0.39, 0.29) is 0 Å². The quantitative estimate of drug-likeness (QED) is 0.618. The molecular weight excluding hydrogens is 308 g/mol. The van der Waals surface area contributed by atoms with Crippen molar-refractivity contribution >= 4 is 33.3 Å². The molecule has 6 nitrogen and oxygen atoms in total. The Morgan fingerprint density at radius 1 is 1.13 bits per heavy atom. The number of aryl methyl sites for hydroxylation is 1. The summed E-state index contributed by atoms with van der Waals surface area (Å²) in [7, 11) is 0. The molecule has 0 saturated carbocycles. The molecule has 0 amide bonds. The highest BCUT2D eigenvalue weighted by atomic mass is 32.1. The lowest BCUT2D eigenvalue weighted by Gasteiger charge is -2.18. The number of fused-ring (bicyclic) bond motifs is 1. The molecule has 0 aliphatic rings. The van der Waals surface area contributed by atoms with Crippen molar-refractivity contribution in [1.82, 2.24) is 14.9 Å². The number of thiophene rings is 1. The fourth-order valence-corrected chi connectivity index (χ4v) is 3.38. The monoisotopic (exact) mass is 336 g/mol. The minimum absolute atomic E-state index is 0.584. The number of hydrogen-bond donors (Lipinski definition) is 3. The topological polar surface area (TPSA) is 79.1 Å². The van der Waals surface area contributed by atoms with Gasteiger partial charge < -0.3 is 21.3 Å². The van der Waals surface area contributed by atoms with Gasteiger partial charge in [-0.1, -0.05) is 20.8 Å². The Labute approximate surface area is 142 Å². The van der Waals surface area contributed by atoms with Crippen molar-refractivity contribution in [3.8, 4) is 0 Å². The summed E-state index contributed by atoms with van der Waals surface area (Å²) in [6, 6.07) is 2.18. The molecule has 0 aliphatic carbocycles. The van der Waals surface area contributed by atoms with Crippen molar-refractivity contribution in [2.24, 2.45) is 5.73 Å². The number of aromatic nitrogens is 2. The van der Waals surface area contributed by atoms with E-state index in [0.29, 0.717) is 19.0 Å². The molecule has 23 heavy (non-hydrogen) atoms. The molecule has 0 saturated heterocycles. The first-order chi connectivity index (χ1) is 11.2. The molecule has 0 aliphatic heterocycles. The predicted octanol–water partition coefficient (Wildman–Crippen LogP) is 2.38. The Morgan fingerprint density at radius 3 is 2.57 bits per heavy atom. The molecule has 0 bridgehead atoms. The largest absolute Gasteiger partial charge is 0.368 e. The lowest BCUT2D eigenvalue weighted by molar-refractivity contribution is 0.316. The first-order valence-electron chi connectivity index (χ1n) is 8.42. The van der Waals surface area contributed by atoms with Gasteiger partial charge in [-0.15, -0.1) is 11.3 Å². The van der Waals surface area contributed by atoms with Gasteiger partial charge in [0.05, 0.1) is 5.39 Å². The van der Waals surface area contributed by atoms with E-state index in [1.54, 1.807) is 11.3 Å². The summed E-state index contributed by atoms with van der Waals surface area (Å²) in [6.45, 7) is 11.8. The predicted molar refractivity (Wildman–Crippen MR) is 101 cm³/mol. The van der Waals surface area contributed by atoms with Crippen LogP contribution in [0.3, 0.4) is 0 Å². The number of anilines is 2. The summed E-state index contributed by atoms with van der Waals surface area (Å²) < 4.78 is 0. The van der Waals surface area contributed by atoms with E-state index >= 15 is 0 Å². The van der Waals surface area contributed by atoms with Crippen LogP contribution in [-0.4, -0.2) is 54.1 Å². The average molecular weight is 337 g/mol. The molecule has 0 spiro atoms. The molecule has 2 aromatic heterocycles. The van der Waals surface area contributed by atoms with Crippen molar-refractivity contribution in [1.29, 1.82) is 0 Å². The Kier molecular flexibility index (Phi) is 7.01. The van der Waals surface area contributed by atoms with Crippen LogP contribution in [0, 0.1) is 0 Å². The van der Waals surface area contributed by atoms with Gasteiger partial charge in [-0.3, -0.25) is 0 Å². The first-order valence-corrected chi connectivity index (χ1v) is 9.24. The van der Waals surface area contributed by atoms with Crippen LogP contribution in [0.5, 0.6) is 0 Å². The van der Waals surface area contributed by atoms with Gasteiger partial charge in [0.1, 0.15) is 10.6 Å². The second kappa shape index (κ2) is 9.00. The van der Waals surface area contributed by atoms with Crippen LogP contribution in [0.2, 0.25) is 0 Å². The van der Waals surface area contributed by atoms with E-state index in [9.17, 15) is 0 Å². The summed E-state index contributed by atoms with van der Waals surface area (Å²) in [6.07, 6.45) is 1.02. The maximum atomic E-state index is 5.61. The van der Waals surface area contributed by atoms with Crippen molar-refractivity contribution < 1.29 is 0 Å². The molecule has 128 valence electrons. The van der Waals surface area contributed by atoms with Crippen LogP contribution in [-0.2, 0) is 6.42 Å². The van der Waals surface area contributed by atoms with Crippen molar-refractivity contribution in [2.45, 2.75) is 27.2 Å². The number of nitrogens with zero attached hydrogens (tertiary/aromatic N) is 3. The summed E-state index contributed by atoms with van der Waals surface area (Å²) >= 11 is 1.74. The lowest BCUT2D eigenvalue weighted by Crippen LogP contribution is -2.29. The van der Waals surface area contributed by atoms with Crippen LogP contribution in [0.1, 0.15) is 25.6 Å². The van der Waals surface area contributed by atoms with E-state index in [2.05, 4.69) is 52.3 Å². The molecule has 7 heteroatoms. The second-order valence-electron chi connectivity index (χ2n) is 5.35. The minimum atomic E-state index is 0.584. The smallest absolute Gasteiger partial charge is 0.226 e. The van der Waals surface area contributed by atoms with Gasteiger partial charge in [0.25, 0.3) is 0 Å². The molecule has 2 heterocycles. The maximum absolute atomic E-state index is 5.61. The molecule has 0 aromatic carbocycles. The highest BCUT2D eigenvalue weighted by Crippen LogP contribution is 2.30. The third kappa shape index (κ3) is 4.76. The van der Waals surface area contributed by atoms with Crippen LogP contribution in [0.4, 0.5) is 11.8 Å². The van der Waals surface area contributed by atoms with Gasteiger partial charge in [-0.2, -0.15) is 4.98 Å². The summed E-state index contributed by atoms with van der Waals surface area (Å²) in [5.74, 6) is 1.57. The molecule has 0 fully saturated rings. The lowest BCUT2D eigenvalue weighted by atomic mass is 10.3. The highest BCUT2D eigenvalue weighted by molar-refractivity contribution is 7.18. The Hall–Kier alpha value is -1.44. The molecule has 0 radical (unpaired) electrons. The van der Waals surface area contributed by atoms with Gasteiger partial charge in [0.15, 0.2) is 0 Å². The second-order valence-corrected chi connectivity index (χ2v) is 6.47. The molecule has 0 unspecified atom stereocenters. The fourth-order valence-electron chi connectivity index (χ4n) is 2.42. The van der Waals surface area contributed by atoms with Crippen molar-refractivity contribution in [3.05, 3.63) is 10.9 Å². The van der Waals surface area contributed by atoms with Gasteiger partial charge in [-0.25, -0.2) is 4.98 Å². The van der Waals surface area contributed by atoms with E-state index in [1.165, 1.54) is 4.88 Å². The fraction of sp³-hybridized carbons (Fsp3) is 0.625. The normalized spacial score (nSPS) is 11.3. The minimum Gasteiger partial charge on any atom is -0.368 e. The molecule has 4 N–H and O–H groups in total. The zero-order valence-electron chi connectivity index (χ0n) is 14.4. The third-order valence-corrected chi connectivity index (χ3v) is 5.01. The van der Waals surface area contributed by atoms with Crippen LogP contribution < -0.4 is 16.4 Å². The maximum Gasteiger partial charge on any atom is 0.226 e. The van der Waals surface area contributed by atoms with Crippen molar-refractivity contribution in [3.63, 3.8) is 0 Å². The zero-order valence-corrected chi connectivity index (χ0v) is 15.2. The standard InChI is InChI=1S/C16H28N6S/c1-4-12-11-13-14(18-8-7-17)20-16(21-15(13)23-12)19-9-10-22(5-2)6-3/h11H,4-10,17H2,1-3H3,(H2,18,19,20,21). The van der Waals surface area contributed by atoms with Crippen LogP contribution in [0.15, 0.2) is 6.07 Å². The van der Waals surface area contributed by atoms with Gasteiger partial charge >= 0.3 is 0 Å². The highest BCUT2D eigenvalue weighted by Gasteiger charge is 2.11. The Bertz CT molecular complexity index is 608. The number of nitrogens with two attached hydrogens (primary N) is 1. The molecule has 2 rings (SSSR count). The third-order valence-electron chi connectivity index (χ3n) is 3.83. The number of likely N-dealkylation sites (N-methyl/N-ethyl adjacent to an activating group) is 1. The van der Waals surface area contributed by atoms with Gasteiger partial charge in [0, 0.05) is 31.1 Å². The van der Waals surface area contributed by atoms with Gasteiger partial charge in [0.2, 0.25) is 5.95 Å². The zero-order chi connectivity index (χ0) is 16.7. The Morgan fingerprint density at radius 2 is 1.91 bits per heavy atom. The summed E-state index contributed by atoms with van der Waals surface area (Å²) in [4.78, 5) is 14.0. The van der Waals surface area contributed by atoms with E-state index in [1.807, 2.05) is 0 Å². The van der Waals surface area contributed by atoms with E-state index in [4.69, 9.17) is 5.73 Å². The Balaban J connectivity index is 2.15.